The number of amides is 1. The van der Waals surface area contributed by atoms with E-state index in [-0.39, 0.29) is 11.4 Å². The van der Waals surface area contributed by atoms with Crippen LogP contribution in [-0.2, 0) is 0 Å². The number of likely N-dealkylation sites (N-methyl/N-ethyl adjacent to an activating group) is 1. The number of pyridine rings is 1. The van der Waals surface area contributed by atoms with Crippen molar-refractivity contribution in [1.82, 2.24) is 14.8 Å². The van der Waals surface area contributed by atoms with Crippen LogP contribution in [0.25, 0.3) is 0 Å². The van der Waals surface area contributed by atoms with Crippen LogP contribution in [0.4, 0.5) is 0 Å². The van der Waals surface area contributed by atoms with Crippen molar-refractivity contribution in [3.8, 4) is 0 Å². The van der Waals surface area contributed by atoms with E-state index >= 15 is 0 Å². The Balaban J connectivity index is 1.97. The van der Waals surface area contributed by atoms with Crippen LogP contribution in [0.5, 0.6) is 0 Å². The summed E-state index contributed by atoms with van der Waals surface area (Å²) in [5, 5.41) is 0. The second-order valence-electron chi connectivity index (χ2n) is 7.08. The average Bonchev–Trinajstić information content (AvgIpc) is 2.67. The van der Waals surface area contributed by atoms with Crippen LogP contribution in [0.2, 0.25) is 0 Å². The molecule has 4 nitrogen and oxygen atoms in total. The van der Waals surface area contributed by atoms with Crippen molar-refractivity contribution in [1.29, 1.82) is 0 Å². The Kier molecular flexibility index (Phi) is 4.22. The van der Waals surface area contributed by atoms with Crippen LogP contribution in [-0.4, -0.2) is 52.4 Å². The SMILES string of the molecule is Cc1cccnc1C(=O)N1CCCC[C@@H]2N(C)CCC[C@@]21C. The Labute approximate surface area is 133 Å². The molecule has 120 valence electrons. The minimum absolute atomic E-state index is 0.0649. The molecule has 2 aliphatic heterocycles. The summed E-state index contributed by atoms with van der Waals surface area (Å²) in [6.07, 6.45) is 7.48. The summed E-state index contributed by atoms with van der Waals surface area (Å²) in [6.45, 7) is 6.26. The summed E-state index contributed by atoms with van der Waals surface area (Å²) in [7, 11) is 2.21. The average molecular weight is 301 g/mol. The minimum Gasteiger partial charge on any atom is -0.330 e. The first-order valence-corrected chi connectivity index (χ1v) is 8.48. The van der Waals surface area contributed by atoms with Gasteiger partial charge >= 0.3 is 0 Å². The van der Waals surface area contributed by atoms with Crippen molar-refractivity contribution >= 4 is 5.91 Å². The largest absolute Gasteiger partial charge is 0.330 e. The molecule has 0 unspecified atom stereocenters. The summed E-state index contributed by atoms with van der Waals surface area (Å²) in [6, 6.07) is 4.34. The Morgan fingerprint density at radius 1 is 1.32 bits per heavy atom. The zero-order valence-corrected chi connectivity index (χ0v) is 14.0. The van der Waals surface area contributed by atoms with Gasteiger partial charge < -0.3 is 9.80 Å². The van der Waals surface area contributed by atoms with E-state index in [0.717, 1.165) is 37.9 Å². The van der Waals surface area contributed by atoms with Crippen LogP contribution in [0.15, 0.2) is 18.3 Å². The van der Waals surface area contributed by atoms with E-state index < -0.39 is 0 Å². The van der Waals surface area contributed by atoms with Gasteiger partial charge in [-0.3, -0.25) is 9.78 Å². The molecule has 3 rings (SSSR count). The zero-order chi connectivity index (χ0) is 15.7. The van der Waals surface area contributed by atoms with Crippen molar-refractivity contribution in [3.63, 3.8) is 0 Å². The highest BCUT2D eigenvalue weighted by Crippen LogP contribution is 2.38. The van der Waals surface area contributed by atoms with Crippen LogP contribution in [0.3, 0.4) is 0 Å². The molecule has 2 saturated heterocycles. The number of carbonyl (C=O) groups is 1. The molecule has 0 aliphatic carbocycles. The Hall–Kier alpha value is -1.42. The molecule has 0 saturated carbocycles. The first kappa shape index (κ1) is 15.5. The zero-order valence-electron chi connectivity index (χ0n) is 14.0. The van der Waals surface area contributed by atoms with Crippen molar-refractivity contribution in [2.45, 2.75) is 57.5 Å². The van der Waals surface area contributed by atoms with Gasteiger partial charge in [0.1, 0.15) is 5.69 Å². The van der Waals surface area contributed by atoms with Crippen LogP contribution >= 0.6 is 0 Å². The summed E-state index contributed by atoms with van der Waals surface area (Å²) in [5.41, 5.74) is 1.53. The molecule has 0 N–H and O–H groups in total. The highest BCUT2D eigenvalue weighted by Gasteiger charge is 2.47. The number of likely N-dealkylation sites (tertiary alicyclic amines) is 2. The Bertz CT molecular complexity index is 559. The maximum Gasteiger partial charge on any atom is 0.273 e. The van der Waals surface area contributed by atoms with E-state index in [1.807, 2.05) is 19.1 Å². The fraction of sp³-hybridized carbons (Fsp3) is 0.667. The predicted molar refractivity (Wildman–Crippen MR) is 87.9 cm³/mol. The van der Waals surface area contributed by atoms with Gasteiger partial charge in [-0.05, 0) is 64.8 Å². The fourth-order valence-corrected chi connectivity index (χ4v) is 4.36. The number of fused-ring (bicyclic) bond motifs is 1. The number of hydrogen-bond donors (Lipinski definition) is 0. The molecule has 2 fully saturated rings. The molecule has 1 amide bonds. The number of aryl methyl sites for hydroxylation is 1. The lowest BCUT2D eigenvalue weighted by Gasteiger charge is -2.51. The summed E-state index contributed by atoms with van der Waals surface area (Å²) < 4.78 is 0. The number of carbonyl (C=O) groups excluding carboxylic acids is 1. The summed E-state index contributed by atoms with van der Waals surface area (Å²) >= 11 is 0. The van der Waals surface area contributed by atoms with Crippen molar-refractivity contribution in [2.24, 2.45) is 0 Å². The third kappa shape index (κ3) is 2.54. The number of hydrogen-bond acceptors (Lipinski definition) is 3. The number of nitrogens with zero attached hydrogens (tertiary/aromatic N) is 3. The smallest absolute Gasteiger partial charge is 0.273 e. The van der Waals surface area contributed by atoms with Gasteiger partial charge in [0.05, 0.1) is 5.54 Å². The number of piperidine rings is 1. The van der Waals surface area contributed by atoms with Gasteiger partial charge in [-0.1, -0.05) is 12.5 Å². The lowest BCUT2D eigenvalue weighted by atomic mass is 9.80. The van der Waals surface area contributed by atoms with Crippen molar-refractivity contribution in [2.75, 3.05) is 20.1 Å². The molecule has 2 aliphatic rings. The Morgan fingerprint density at radius 2 is 2.14 bits per heavy atom. The minimum atomic E-state index is -0.0649. The van der Waals surface area contributed by atoms with E-state index in [1.165, 1.54) is 12.8 Å². The number of rotatable bonds is 1. The van der Waals surface area contributed by atoms with Gasteiger partial charge in [0.15, 0.2) is 0 Å². The van der Waals surface area contributed by atoms with Crippen molar-refractivity contribution in [3.05, 3.63) is 29.6 Å². The molecule has 0 aromatic carbocycles. The topological polar surface area (TPSA) is 36.4 Å². The van der Waals surface area contributed by atoms with Gasteiger partial charge in [0.2, 0.25) is 0 Å². The molecule has 3 heterocycles. The molecular formula is C18H27N3O. The molecule has 22 heavy (non-hydrogen) atoms. The lowest BCUT2D eigenvalue weighted by Crippen LogP contribution is -2.63. The normalized spacial score (nSPS) is 29.8. The predicted octanol–water partition coefficient (Wildman–Crippen LogP) is 2.87. The van der Waals surface area contributed by atoms with Gasteiger partial charge in [0.25, 0.3) is 5.91 Å². The molecule has 2 atom stereocenters. The van der Waals surface area contributed by atoms with Gasteiger partial charge in [-0.2, -0.15) is 0 Å². The second kappa shape index (κ2) is 5.99. The third-order valence-electron chi connectivity index (χ3n) is 5.63. The molecule has 0 radical (unpaired) electrons. The summed E-state index contributed by atoms with van der Waals surface area (Å²) in [4.78, 5) is 22.1. The summed E-state index contributed by atoms with van der Waals surface area (Å²) in [5.74, 6) is 0.114. The Morgan fingerprint density at radius 3 is 2.91 bits per heavy atom. The maximum absolute atomic E-state index is 13.2. The number of aromatic nitrogens is 1. The van der Waals surface area contributed by atoms with Gasteiger partial charge in [-0.25, -0.2) is 0 Å². The monoisotopic (exact) mass is 301 g/mol. The van der Waals surface area contributed by atoms with E-state index in [2.05, 4.69) is 28.8 Å². The molecule has 0 bridgehead atoms. The van der Waals surface area contributed by atoms with Crippen LogP contribution in [0, 0.1) is 6.92 Å². The lowest BCUT2D eigenvalue weighted by molar-refractivity contribution is -0.00419. The quantitative estimate of drug-likeness (QED) is 0.800. The standard InChI is InChI=1S/C18H27N3O/c1-14-8-6-11-19-16(14)17(22)21-13-5-4-9-15-18(21,2)10-7-12-20(15)3/h6,8,11,15H,4-5,7,9-10,12-13H2,1-3H3/t15-,18-/m0/s1. The van der Waals surface area contributed by atoms with Crippen molar-refractivity contribution < 1.29 is 4.79 Å². The molecule has 4 heteroatoms. The van der Waals surface area contributed by atoms with Gasteiger partial charge in [0, 0.05) is 18.8 Å². The van der Waals surface area contributed by atoms with E-state index in [0.29, 0.717) is 11.7 Å². The highest BCUT2D eigenvalue weighted by atomic mass is 16.2. The van der Waals surface area contributed by atoms with E-state index in [9.17, 15) is 4.79 Å². The first-order valence-electron chi connectivity index (χ1n) is 8.48. The second-order valence-corrected chi connectivity index (χ2v) is 7.08. The van der Waals surface area contributed by atoms with Gasteiger partial charge in [-0.15, -0.1) is 0 Å². The highest BCUT2D eigenvalue weighted by molar-refractivity contribution is 5.94. The van der Waals surface area contributed by atoms with E-state index in [1.54, 1.807) is 6.20 Å². The molecule has 1 aromatic rings. The molecule has 0 spiro atoms. The maximum atomic E-state index is 13.2. The van der Waals surface area contributed by atoms with Crippen LogP contribution in [0.1, 0.15) is 55.1 Å². The fourth-order valence-electron chi connectivity index (χ4n) is 4.36. The van der Waals surface area contributed by atoms with Crippen LogP contribution < -0.4 is 0 Å². The molecular weight excluding hydrogens is 274 g/mol. The molecule has 1 aromatic heterocycles. The third-order valence-corrected chi connectivity index (χ3v) is 5.63. The van der Waals surface area contributed by atoms with E-state index in [4.69, 9.17) is 0 Å². The first-order chi connectivity index (χ1) is 10.5.